The SMILES string of the molecule is O=S(=O)(Nc1cnns1)c1ccc2c(c1)OCN2. The zero-order valence-corrected chi connectivity index (χ0v) is 10.6. The first-order valence-electron chi connectivity index (χ1n) is 4.96. The Morgan fingerprint density at radius 1 is 1.44 bits per heavy atom. The first kappa shape index (κ1) is 11.2. The highest BCUT2D eigenvalue weighted by Gasteiger charge is 2.19. The molecule has 3 rings (SSSR count). The highest BCUT2D eigenvalue weighted by atomic mass is 32.2. The normalized spacial score (nSPS) is 13.6. The van der Waals surface area contributed by atoms with E-state index in [1.165, 1.54) is 18.3 Å². The number of rotatable bonds is 3. The molecule has 2 N–H and O–H groups in total. The molecule has 18 heavy (non-hydrogen) atoms. The molecule has 1 aliphatic heterocycles. The number of anilines is 2. The van der Waals surface area contributed by atoms with Gasteiger partial charge in [0, 0.05) is 17.6 Å². The number of fused-ring (bicyclic) bond motifs is 1. The fraction of sp³-hybridized carbons (Fsp3) is 0.111. The standard InChI is InChI=1S/C9H8N4O3S2/c14-18(15,12-9-4-11-13-17-9)6-1-2-7-8(3-6)16-5-10-7/h1-4,10,12H,5H2. The van der Waals surface area contributed by atoms with Crippen LogP contribution in [0.3, 0.4) is 0 Å². The predicted octanol–water partition coefficient (Wildman–Crippen LogP) is 1.10. The quantitative estimate of drug-likeness (QED) is 0.876. The lowest BCUT2D eigenvalue weighted by molar-refractivity contribution is 0.371. The lowest BCUT2D eigenvalue weighted by atomic mass is 10.3. The van der Waals surface area contributed by atoms with Crippen molar-refractivity contribution in [3.05, 3.63) is 24.4 Å². The van der Waals surface area contributed by atoms with E-state index in [2.05, 4.69) is 19.6 Å². The first-order chi connectivity index (χ1) is 8.65. The topological polar surface area (TPSA) is 93.2 Å². The Kier molecular flexibility index (Phi) is 2.56. The van der Waals surface area contributed by atoms with E-state index in [1.807, 2.05) is 0 Å². The van der Waals surface area contributed by atoms with Gasteiger partial charge in [-0.15, -0.1) is 5.10 Å². The molecule has 0 fully saturated rings. The lowest BCUT2D eigenvalue weighted by Crippen LogP contribution is -2.11. The molecule has 1 aromatic heterocycles. The maximum Gasteiger partial charge on any atom is 0.262 e. The minimum atomic E-state index is -3.63. The second-order valence-corrected chi connectivity index (χ2v) is 5.98. The summed E-state index contributed by atoms with van der Waals surface area (Å²) < 4.78 is 35.4. The Labute approximate surface area is 107 Å². The summed E-state index contributed by atoms with van der Waals surface area (Å²) in [7, 11) is -3.63. The van der Waals surface area contributed by atoms with Crippen LogP contribution in [0.2, 0.25) is 0 Å². The Balaban J connectivity index is 1.94. The Morgan fingerprint density at radius 3 is 3.11 bits per heavy atom. The molecule has 0 aliphatic carbocycles. The average molecular weight is 284 g/mol. The van der Waals surface area contributed by atoms with Gasteiger partial charge in [-0.2, -0.15) is 0 Å². The molecule has 0 amide bonds. The van der Waals surface area contributed by atoms with Crippen LogP contribution in [0.15, 0.2) is 29.3 Å². The van der Waals surface area contributed by atoms with E-state index in [9.17, 15) is 8.42 Å². The largest absolute Gasteiger partial charge is 0.471 e. The van der Waals surface area contributed by atoms with Gasteiger partial charge in [0.05, 0.1) is 16.8 Å². The monoisotopic (exact) mass is 284 g/mol. The molecule has 9 heteroatoms. The number of hydrogen-bond donors (Lipinski definition) is 2. The molecular weight excluding hydrogens is 276 g/mol. The Morgan fingerprint density at radius 2 is 2.33 bits per heavy atom. The van der Waals surface area contributed by atoms with Crippen LogP contribution in [0.1, 0.15) is 0 Å². The van der Waals surface area contributed by atoms with Crippen molar-refractivity contribution in [1.82, 2.24) is 9.59 Å². The first-order valence-corrected chi connectivity index (χ1v) is 7.22. The van der Waals surface area contributed by atoms with E-state index in [0.717, 1.165) is 17.2 Å². The predicted molar refractivity (Wildman–Crippen MR) is 66.3 cm³/mol. The van der Waals surface area contributed by atoms with Crippen LogP contribution in [0.5, 0.6) is 5.75 Å². The third-order valence-corrected chi connectivity index (χ3v) is 4.42. The van der Waals surface area contributed by atoms with Gasteiger partial charge in [0.2, 0.25) is 0 Å². The molecule has 2 aromatic rings. The molecule has 0 radical (unpaired) electrons. The zero-order valence-electron chi connectivity index (χ0n) is 8.95. The molecule has 1 aromatic carbocycles. The maximum atomic E-state index is 12.1. The van der Waals surface area contributed by atoms with Crippen LogP contribution in [0.4, 0.5) is 10.7 Å². The van der Waals surface area contributed by atoms with E-state index in [0.29, 0.717) is 17.5 Å². The number of nitrogens with one attached hydrogen (secondary N) is 2. The van der Waals surface area contributed by atoms with Crippen LogP contribution >= 0.6 is 11.5 Å². The number of benzene rings is 1. The molecule has 2 heterocycles. The molecule has 0 atom stereocenters. The van der Waals surface area contributed by atoms with E-state index in [-0.39, 0.29) is 4.90 Å². The second kappa shape index (κ2) is 4.10. The Bertz CT molecular complexity index is 669. The molecule has 1 aliphatic rings. The molecule has 0 unspecified atom stereocenters. The summed E-state index contributed by atoms with van der Waals surface area (Å²) in [5.41, 5.74) is 0.786. The van der Waals surface area contributed by atoms with Crippen LogP contribution in [-0.4, -0.2) is 24.7 Å². The summed E-state index contributed by atoms with van der Waals surface area (Å²) in [6.45, 7) is 0.352. The number of aromatic nitrogens is 2. The van der Waals surface area contributed by atoms with Gasteiger partial charge in [-0.1, -0.05) is 4.49 Å². The third-order valence-electron chi connectivity index (χ3n) is 2.35. The van der Waals surface area contributed by atoms with Gasteiger partial charge in [-0.05, 0) is 12.1 Å². The minimum absolute atomic E-state index is 0.137. The van der Waals surface area contributed by atoms with Crippen molar-refractivity contribution in [3.8, 4) is 5.75 Å². The average Bonchev–Trinajstić information content (AvgIpc) is 2.97. The number of sulfonamides is 1. The minimum Gasteiger partial charge on any atom is -0.471 e. The molecule has 0 spiro atoms. The van der Waals surface area contributed by atoms with Gasteiger partial charge in [0.25, 0.3) is 10.0 Å². The molecule has 0 saturated heterocycles. The second-order valence-electron chi connectivity index (χ2n) is 3.51. The molecule has 7 nitrogen and oxygen atoms in total. The highest BCUT2D eigenvalue weighted by Crippen LogP contribution is 2.31. The fourth-order valence-corrected chi connectivity index (χ4v) is 3.23. The van der Waals surface area contributed by atoms with Crippen molar-refractivity contribution >= 4 is 32.2 Å². The van der Waals surface area contributed by atoms with Crippen LogP contribution in [0.25, 0.3) is 0 Å². The summed E-state index contributed by atoms with van der Waals surface area (Å²) in [5.74, 6) is 0.528. The third kappa shape index (κ3) is 1.97. The Hall–Kier alpha value is -1.87. The van der Waals surface area contributed by atoms with E-state index in [4.69, 9.17) is 4.74 Å². The smallest absolute Gasteiger partial charge is 0.262 e. The summed E-state index contributed by atoms with van der Waals surface area (Å²) in [6, 6.07) is 4.66. The molecule has 0 bridgehead atoms. The van der Waals surface area contributed by atoms with Crippen molar-refractivity contribution in [3.63, 3.8) is 0 Å². The van der Waals surface area contributed by atoms with Gasteiger partial charge < -0.3 is 10.1 Å². The number of nitrogens with zero attached hydrogens (tertiary/aromatic N) is 2. The summed E-state index contributed by atoms with van der Waals surface area (Å²) in [6.07, 6.45) is 1.35. The van der Waals surface area contributed by atoms with Crippen molar-refractivity contribution in [1.29, 1.82) is 0 Å². The van der Waals surface area contributed by atoms with Crippen LogP contribution < -0.4 is 14.8 Å². The van der Waals surface area contributed by atoms with Gasteiger partial charge in [0.15, 0.2) is 6.73 Å². The highest BCUT2D eigenvalue weighted by molar-refractivity contribution is 7.93. The van der Waals surface area contributed by atoms with Gasteiger partial charge >= 0.3 is 0 Å². The van der Waals surface area contributed by atoms with Crippen molar-refractivity contribution in [2.45, 2.75) is 4.90 Å². The van der Waals surface area contributed by atoms with Crippen molar-refractivity contribution in [2.24, 2.45) is 0 Å². The molecular formula is C9H8N4O3S2. The van der Waals surface area contributed by atoms with Gasteiger partial charge in [-0.3, -0.25) is 4.72 Å². The van der Waals surface area contributed by atoms with Crippen LogP contribution in [-0.2, 0) is 10.0 Å². The zero-order chi connectivity index (χ0) is 12.6. The lowest BCUT2D eigenvalue weighted by Gasteiger charge is -2.06. The van der Waals surface area contributed by atoms with E-state index >= 15 is 0 Å². The fourth-order valence-electron chi connectivity index (χ4n) is 1.53. The summed E-state index contributed by atoms with van der Waals surface area (Å²) >= 11 is 0.975. The van der Waals surface area contributed by atoms with Gasteiger partial charge in [0.1, 0.15) is 10.8 Å². The molecule has 0 saturated carbocycles. The van der Waals surface area contributed by atoms with E-state index in [1.54, 1.807) is 6.07 Å². The van der Waals surface area contributed by atoms with Gasteiger partial charge in [-0.25, -0.2) is 8.42 Å². The van der Waals surface area contributed by atoms with Crippen molar-refractivity contribution < 1.29 is 13.2 Å². The summed E-state index contributed by atoms with van der Waals surface area (Å²) in [5, 5.41) is 6.90. The maximum absolute atomic E-state index is 12.1. The number of ether oxygens (including phenoxy) is 1. The molecule has 94 valence electrons. The van der Waals surface area contributed by atoms with Crippen molar-refractivity contribution in [2.75, 3.05) is 16.8 Å². The number of hydrogen-bond acceptors (Lipinski definition) is 7. The summed E-state index contributed by atoms with van der Waals surface area (Å²) in [4.78, 5) is 0.137. The van der Waals surface area contributed by atoms with E-state index < -0.39 is 10.0 Å². The van der Waals surface area contributed by atoms with Crippen LogP contribution in [0, 0.1) is 0 Å².